The summed E-state index contributed by atoms with van der Waals surface area (Å²) in [6, 6.07) is 13.9. The van der Waals surface area contributed by atoms with E-state index in [0.29, 0.717) is 0 Å². The summed E-state index contributed by atoms with van der Waals surface area (Å²) in [5.74, 6) is -0.462. The maximum absolute atomic E-state index is 12.2. The van der Waals surface area contributed by atoms with Crippen LogP contribution in [0.15, 0.2) is 53.4 Å². The second-order valence-electron chi connectivity index (χ2n) is 4.22. The summed E-state index contributed by atoms with van der Waals surface area (Å²) in [7, 11) is -3.67. The number of ether oxygens (including phenoxy) is 1. The predicted octanol–water partition coefficient (Wildman–Crippen LogP) is 2.87. The van der Waals surface area contributed by atoms with Crippen LogP contribution in [0.25, 0.3) is 0 Å². The van der Waals surface area contributed by atoms with Crippen molar-refractivity contribution in [3.05, 3.63) is 59.1 Å². The highest BCUT2D eigenvalue weighted by Crippen LogP contribution is 2.28. The van der Waals surface area contributed by atoms with Gasteiger partial charge in [0.15, 0.2) is 5.94 Å². The minimum atomic E-state index is -3.67. The number of halogens is 1. The monoisotopic (exact) mass is 311 g/mol. The zero-order valence-corrected chi connectivity index (χ0v) is 12.2. The van der Waals surface area contributed by atoms with E-state index in [-0.39, 0.29) is 22.2 Å². The fourth-order valence-corrected chi connectivity index (χ4v) is 3.50. The lowest BCUT2D eigenvalue weighted by Crippen LogP contribution is -2.12. The maximum Gasteiger partial charge on any atom is 0.205 e. The number of anilines is 1. The molecule has 0 saturated carbocycles. The fourth-order valence-electron chi connectivity index (χ4n) is 1.76. The molecule has 2 aromatic carbocycles. The Balaban J connectivity index is 2.09. The molecular weight excluding hydrogens is 298 g/mol. The van der Waals surface area contributed by atoms with Gasteiger partial charge >= 0.3 is 0 Å². The first-order valence-corrected chi connectivity index (χ1v) is 7.92. The van der Waals surface area contributed by atoms with Gasteiger partial charge in [-0.05, 0) is 17.7 Å². The van der Waals surface area contributed by atoms with Crippen LogP contribution < -0.4 is 5.73 Å². The summed E-state index contributed by atoms with van der Waals surface area (Å²) >= 11 is 5.90. The van der Waals surface area contributed by atoms with Gasteiger partial charge in [0.25, 0.3) is 0 Å². The van der Waals surface area contributed by atoms with Gasteiger partial charge in [-0.15, -0.1) is 0 Å². The first-order chi connectivity index (χ1) is 9.50. The quantitative estimate of drug-likeness (QED) is 0.862. The minimum absolute atomic E-state index is 0.0743. The van der Waals surface area contributed by atoms with Crippen LogP contribution in [-0.2, 0) is 21.2 Å². The number of nitrogen functional groups attached to an aromatic ring is 1. The number of nitrogens with two attached hydrogens (primary N) is 1. The average molecular weight is 312 g/mol. The molecule has 0 radical (unpaired) electrons. The van der Waals surface area contributed by atoms with Crippen LogP contribution in [-0.4, -0.2) is 14.4 Å². The third-order valence-electron chi connectivity index (χ3n) is 2.66. The number of hydrogen-bond acceptors (Lipinski definition) is 4. The van der Waals surface area contributed by atoms with Crippen molar-refractivity contribution in [2.24, 2.45) is 0 Å². The number of sulfone groups is 1. The van der Waals surface area contributed by atoms with E-state index in [1.54, 1.807) is 6.07 Å². The predicted molar refractivity (Wildman–Crippen MR) is 79.1 cm³/mol. The highest BCUT2D eigenvalue weighted by atomic mass is 35.5. The van der Waals surface area contributed by atoms with Crippen molar-refractivity contribution in [1.82, 2.24) is 0 Å². The molecular formula is C14H14ClNO3S. The topological polar surface area (TPSA) is 69.4 Å². The molecule has 0 saturated heterocycles. The molecule has 2 rings (SSSR count). The molecule has 0 atom stereocenters. The van der Waals surface area contributed by atoms with Gasteiger partial charge in [0.05, 0.1) is 17.3 Å². The Morgan fingerprint density at radius 3 is 2.40 bits per heavy atom. The van der Waals surface area contributed by atoms with Gasteiger partial charge in [-0.25, -0.2) is 8.42 Å². The van der Waals surface area contributed by atoms with Crippen molar-refractivity contribution in [3.63, 3.8) is 0 Å². The molecule has 106 valence electrons. The van der Waals surface area contributed by atoms with Gasteiger partial charge < -0.3 is 10.5 Å². The number of hydrogen-bond donors (Lipinski definition) is 1. The highest BCUT2D eigenvalue weighted by Gasteiger charge is 2.21. The molecule has 0 aliphatic rings. The molecule has 0 spiro atoms. The first kappa shape index (κ1) is 14.8. The van der Waals surface area contributed by atoms with E-state index < -0.39 is 15.8 Å². The van der Waals surface area contributed by atoms with Crippen LogP contribution >= 0.6 is 11.6 Å². The van der Waals surface area contributed by atoms with Crippen molar-refractivity contribution in [2.45, 2.75) is 11.5 Å². The largest absolute Gasteiger partial charge is 0.398 e. The van der Waals surface area contributed by atoms with Gasteiger partial charge in [0, 0.05) is 0 Å². The minimum Gasteiger partial charge on any atom is -0.398 e. The maximum atomic E-state index is 12.2. The molecule has 6 heteroatoms. The normalized spacial score (nSPS) is 11.4. The van der Waals surface area contributed by atoms with Crippen molar-refractivity contribution < 1.29 is 13.2 Å². The Labute approximate surface area is 123 Å². The Bertz CT molecular complexity index is 667. The summed E-state index contributed by atoms with van der Waals surface area (Å²) in [4.78, 5) is -0.0743. The fraction of sp³-hybridized carbons (Fsp3) is 0.143. The summed E-state index contributed by atoms with van der Waals surface area (Å²) in [6.45, 7) is 0.213. The van der Waals surface area contributed by atoms with E-state index in [1.165, 1.54) is 12.1 Å². The molecule has 0 aliphatic heterocycles. The van der Waals surface area contributed by atoms with Crippen molar-refractivity contribution >= 4 is 27.1 Å². The smallest absolute Gasteiger partial charge is 0.205 e. The molecule has 0 bridgehead atoms. The summed E-state index contributed by atoms with van der Waals surface area (Å²) in [6.07, 6.45) is 0. The van der Waals surface area contributed by atoms with Gasteiger partial charge in [-0.2, -0.15) is 0 Å². The molecule has 0 heterocycles. The molecule has 2 N–H and O–H groups in total. The van der Waals surface area contributed by atoms with Crippen LogP contribution in [0.4, 0.5) is 5.69 Å². The van der Waals surface area contributed by atoms with Crippen LogP contribution in [0.2, 0.25) is 5.02 Å². The third kappa shape index (κ3) is 3.50. The third-order valence-corrected chi connectivity index (χ3v) is 4.64. The standard InChI is InChI=1S/C14H14ClNO3S/c15-12-7-4-8-13(16)14(12)20(17,18)10-19-9-11-5-2-1-3-6-11/h1-8H,9-10,16H2. The lowest BCUT2D eigenvalue weighted by atomic mass is 10.2. The lowest BCUT2D eigenvalue weighted by molar-refractivity contribution is 0.163. The van der Waals surface area contributed by atoms with Crippen molar-refractivity contribution in [3.8, 4) is 0 Å². The van der Waals surface area contributed by atoms with Crippen molar-refractivity contribution in [2.75, 3.05) is 11.7 Å². The lowest BCUT2D eigenvalue weighted by Gasteiger charge is -2.10. The van der Waals surface area contributed by atoms with Gasteiger partial charge in [0.2, 0.25) is 9.84 Å². The zero-order chi connectivity index (χ0) is 14.6. The molecule has 0 unspecified atom stereocenters. The van der Waals surface area contributed by atoms with Crippen molar-refractivity contribution in [1.29, 1.82) is 0 Å². The van der Waals surface area contributed by atoms with Crippen LogP contribution in [0, 0.1) is 0 Å². The summed E-state index contributed by atoms with van der Waals surface area (Å²) < 4.78 is 29.6. The Hall–Kier alpha value is -1.56. The zero-order valence-electron chi connectivity index (χ0n) is 10.6. The molecule has 0 aliphatic carbocycles. The van der Waals surface area contributed by atoms with E-state index in [4.69, 9.17) is 22.1 Å². The molecule has 0 aromatic heterocycles. The molecule has 4 nitrogen and oxygen atoms in total. The van der Waals surface area contributed by atoms with Crippen LogP contribution in [0.3, 0.4) is 0 Å². The van der Waals surface area contributed by atoms with Crippen LogP contribution in [0.5, 0.6) is 0 Å². The molecule has 0 fully saturated rings. The van der Waals surface area contributed by atoms with Gasteiger partial charge in [-0.3, -0.25) is 0 Å². The molecule has 0 amide bonds. The Kier molecular flexibility index (Phi) is 4.65. The number of rotatable bonds is 5. The Morgan fingerprint density at radius 2 is 1.75 bits per heavy atom. The Morgan fingerprint density at radius 1 is 1.05 bits per heavy atom. The van der Waals surface area contributed by atoms with E-state index in [9.17, 15) is 8.42 Å². The van der Waals surface area contributed by atoms with E-state index in [0.717, 1.165) is 5.56 Å². The average Bonchev–Trinajstić information content (AvgIpc) is 2.39. The second kappa shape index (κ2) is 6.26. The van der Waals surface area contributed by atoms with Gasteiger partial charge in [-0.1, -0.05) is 48.0 Å². The highest BCUT2D eigenvalue weighted by molar-refractivity contribution is 7.91. The van der Waals surface area contributed by atoms with E-state index in [2.05, 4.69) is 0 Å². The summed E-state index contributed by atoms with van der Waals surface area (Å²) in [5.41, 5.74) is 6.69. The molecule has 2 aromatic rings. The first-order valence-electron chi connectivity index (χ1n) is 5.89. The SMILES string of the molecule is Nc1cccc(Cl)c1S(=O)(=O)COCc1ccccc1. The van der Waals surface area contributed by atoms with Gasteiger partial charge in [0.1, 0.15) is 4.90 Å². The van der Waals surface area contributed by atoms with Crippen LogP contribution in [0.1, 0.15) is 5.56 Å². The van der Waals surface area contributed by atoms with E-state index >= 15 is 0 Å². The number of benzene rings is 2. The summed E-state index contributed by atoms with van der Waals surface area (Å²) in [5, 5.41) is 0.105. The second-order valence-corrected chi connectivity index (χ2v) is 6.51. The van der Waals surface area contributed by atoms with E-state index in [1.807, 2.05) is 30.3 Å². The molecule has 20 heavy (non-hydrogen) atoms.